The Balaban J connectivity index is 1.94. The van der Waals surface area contributed by atoms with Gasteiger partial charge in [0.05, 0.1) is 17.4 Å². The number of rotatable bonds is 5. The third-order valence-electron chi connectivity index (χ3n) is 4.56. The van der Waals surface area contributed by atoms with E-state index in [1.165, 1.54) is 0 Å². The molecule has 1 aromatic carbocycles. The zero-order valence-electron chi connectivity index (χ0n) is 13.8. The van der Waals surface area contributed by atoms with Gasteiger partial charge in [-0.2, -0.15) is 0 Å². The number of nitrogens with zero attached hydrogens (tertiary/aromatic N) is 1. The van der Waals surface area contributed by atoms with Crippen molar-refractivity contribution in [2.75, 3.05) is 24.7 Å². The van der Waals surface area contributed by atoms with Crippen molar-refractivity contribution in [1.82, 2.24) is 0 Å². The Morgan fingerprint density at radius 3 is 2.68 bits per heavy atom. The average Bonchev–Trinajstić information content (AvgIpc) is 3.02. The molecule has 2 aliphatic heterocycles. The summed E-state index contributed by atoms with van der Waals surface area (Å²) in [6.45, 7) is 3.11. The molecule has 134 valence electrons. The molecule has 0 amide bonds. The molecule has 1 aromatic rings. The van der Waals surface area contributed by atoms with Gasteiger partial charge in [0.25, 0.3) is 0 Å². The van der Waals surface area contributed by atoms with Crippen molar-refractivity contribution in [2.45, 2.75) is 19.5 Å². The highest BCUT2D eigenvalue weighted by Gasteiger charge is 2.35. The van der Waals surface area contributed by atoms with Gasteiger partial charge in [-0.25, -0.2) is 9.59 Å². The fraction of sp³-hybridized carbons (Fsp3) is 0.412. The first-order valence-corrected chi connectivity index (χ1v) is 8.01. The molecule has 3 rings (SSSR count). The van der Waals surface area contributed by atoms with Crippen LogP contribution in [0.3, 0.4) is 0 Å². The highest BCUT2D eigenvalue weighted by atomic mass is 16.6. The smallest absolute Gasteiger partial charge is 0.332 e. The van der Waals surface area contributed by atoms with Crippen LogP contribution in [0, 0.1) is 5.92 Å². The van der Waals surface area contributed by atoms with Crippen LogP contribution in [0.15, 0.2) is 23.8 Å². The van der Waals surface area contributed by atoms with Crippen molar-refractivity contribution >= 4 is 17.6 Å². The van der Waals surface area contributed by atoms with Crippen molar-refractivity contribution in [3.8, 4) is 11.5 Å². The lowest BCUT2D eigenvalue weighted by molar-refractivity contribution is -0.135. The van der Waals surface area contributed by atoms with Gasteiger partial charge in [0, 0.05) is 18.5 Å². The molecule has 0 bridgehead atoms. The van der Waals surface area contributed by atoms with Gasteiger partial charge in [-0.3, -0.25) is 0 Å². The van der Waals surface area contributed by atoms with E-state index in [1.54, 1.807) is 6.92 Å². The van der Waals surface area contributed by atoms with E-state index in [1.807, 2.05) is 17.0 Å². The van der Waals surface area contributed by atoms with Crippen molar-refractivity contribution in [3.63, 3.8) is 0 Å². The number of aliphatic carboxylic acids is 2. The summed E-state index contributed by atoms with van der Waals surface area (Å²) >= 11 is 0. The molecule has 0 fully saturated rings. The number of fused-ring (bicyclic) bond motifs is 3. The number of ether oxygens (including phenoxy) is 2. The molecule has 2 heterocycles. The molecule has 0 saturated heterocycles. The second kappa shape index (κ2) is 6.64. The Morgan fingerprint density at radius 1 is 1.28 bits per heavy atom. The molecule has 8 nitrogen and oxygen atoms in total. The van der Waals surface area contributed by atoms with E-state index >= 15 is 0 Å². The van der Waals surface area contributed by atoms with E-state index in [0.717, 1.165) is 17.7 Å². The van der Waals surface area contributed by atoms with Crippen LogP contribution in [0.25, 0.3) is 0 Å². The molecule has 1 unspecified atom stereocenters. The van der Waals surface area contributed by atoms with Crippen molar-refractivity contribution in [1.29, 1.82) is 0 Å². The first kappa shape index (κ1) is 17.1. The van der Waals surface area contributed by atoms with Gasteiger partial charge in [0.15, 0.2) is 11.5 Å². The quantitative estimate of drug-likeness (QED) is 0.669. The number of hydrogen-bond donors (Lipinski definition) is 3. The van der Waals surface area contributed by atoms with E-state index < -0.39 is 24.0 Å². The summed E-state index contributed by atoms with van der Waals surface area (Å²) in [6, 6.07) is 3.81. The van der Waals surface area contributed by atoms with Gasteiger partial charge in [0.1, 0.15) is 13.2 Å². The van der Waals surface area contributed by atoms with Gasteiger partial charge < -0.3 is 30.3 Å². The number of nitrogens with two attached hydrogens (primary N) is 1. The molecule has 0 aliphatic carbocycles. The minimum Gasteiger partial charge on any atom is -0.486 e. The molecule has 8 heteroatoms. The normalized spacial score (nSPS) is 18.5. The van der Waals surface area contributed by atoms with Crippen LogP contribution in [-0.4, -0.2) is 48.1 Å². The molecule has 25 heavy (non-hydrogen) atoms. The van der Waals surface area contributed by atoms with Crippen molar-refractivity contribution < 1.29 is 29.3 Å². The SMILES string of the molecule is CC(/C(=C/C(=O)O)C(=O)O)[C@@H](N)N1CCc2ccc3c(c21)OCCO3. The van der Waals surface area contributed by atoms with E-state index in [2.05, 4.69) is 0 Å². The fourth-order valence-corrected chi connectivity index (χ4v) is 3.28. The van der Waals surface area contributed by atoms with E-state index in [9.17, 15) is 14.7 Å². The Labute approximate surface area is 144 Å². The minimum absolute atomic E-state index is 0.240. The topological polar surface area (TPSA) is 122 Å². The second-order valence-electron chi connectivity index (χ2n) is 6.06. The molecule has 0 spiro atoms. The monoisotopic (exact) mass is 348 g/mol. The van der Waals surface area contributed by atoms with E-state index in [-0.39, 0.29) is 5.57 Å². The van der Waals surface area contributed by atoms with Gasteiger partial charge >= 0.3 is 11.9 Å². The summed E-state index contributed by atoms with van der Waals surface area (Å²) in [5.41, 5.74) is 7.93. The summed E-state index contributed by atoms with van der Waals surface area (Å²) in [6.07, 6.45) is 0.737. The summed E-state index contributed by atoms with van der Waals surface area (Å²) in [4.78, 5) is 24.2. The zero-order chi connectivity index (χ0) is 18.1. The van der Waals surface area contributed by atoms with Gasteiger partial charge in [-0.15, -0.1) is 0 Å². The standard InChI is InChI=1S/C17H20N2O6/c1-9(11(17(22)23)8-13(20)21)16(18)19-5-4-10-2-3-12-15(14(10)19)25-7-6-24-12/h2-3,8-9,16H,4-7,18H2,1H3,(H,20,21)(H,22,23)/b11-8-/t9?,16-/m0/s1. The van der Waals surface area contributed by atoms with E-state index in [0.29, 0.717) is 37.3 Å². The highest BCUT2D eigenvalue weighted by molar-refractivity contribution is 5.95. The number of carboxylic acid groups (broad SMARTS) is 2. The predicted molar refractivity (Wildman–Crippen MR) is 89.0 cm³/mol. The van der Waals surface area contributed by atoms with E-state index in [4.69, 9.17) is 20.3 Å². The third kappa shape index (κ3) is 3.12. The summed E-state index contributed by atoms with van der Waals surface area (Å²) in [5, 5.41) is 18.2. The van der Waals surface area contributed by atoms with Gasteiger partial charge in [0.2, 0.25) is 0 Å². The zero-order valence-corrected chi connectivity index (χ0v) is 13.8. The summed E-state index contributed by atoms with van der Waals surface area (Å²) in [7, 11) is 0. The Bertz CT molecular complexity index is 745. The maximum Gasteiger partial charge on any atom is 0.332 e. The van der Waals surface area contributed by atoms with Gasteiger partial charge in [-0.05, 0) is 18.1 Å². The lowest BCUT2D eigenvalue weighted by atomic mass is 9.96. The molecule has 0 radical (unpaired) electrons. The first-order valence-electron chi connectivity index (χ1n) is 8.01. The number of hydrogen-bond acceptors (Lipinski definition) is 6. The molecular weight excluding hydrogens is 328 g/mol. The van der Waals surface area contributed by atoms with Crippen LogP contribution in [0.1, 0.15) is 12.5 Å². The Morgan fingerprint density at radius 2 is 2.00 bits per heavy atom. The summed E-state index contributed by atoms with van der Waals surface area (Å²) < 4.78 is 11.4. The summed E-state index contributed by atoms with van der Waals surface area (Å²) in [5.74, 6) is -2.05. The number of carbonyl (C=O) groups is 2. The van der Waals surface area contributed by atoms with Crippen LogP contribution in [0.4, 0.5) is 5.69 Å². The molecular formula is C17H20N2O6. The molecule has 4 N–H and O–H groups in total. The van der Waals surface area contributed by atoms with Crippen molar-refractivity contribution in [3.05, 3.63) is 29.3 Å². The van der Waals surface area contributed by atoms with Gasteiger partial charge in [-0.1, -0.05) is 13.0 Å². The second-order valence-corrected chi connectivity index (χ2v) is 6.06. The maximum atomic E-state index is 11.4. The lowest BCUT2D eigenvalue weighted by Crippen LogP contribution is -2.47. The fourth-order valence-electron chi connectivity index (χ4n) is 3.28. The van der Waals surface area contributed by atoms with Crippen LogP contribution in [0.2, 0.25) is 0 Å². The lowest BCUT2D eigenvalue weighted by Gasteiger charge is -2.34. The molecule has 2 atom stereocenters. The number of benzene rings is 1. The Kier molecular flexibility index (Phi) is 4.54. The average molecular weight is 348 g/mol. The minimum atomic E-state index is -1.31. The first-order chi connectivity index (χ1) is 11.9. The van der Waals surface area contributed by atoms with Crippen LogP contribution >= 0.6 is 0 Å². The largest absolute Gasteiger partial charge is 0.486 e. The highest BCUT2D eigenvalue weighted by Crippen LogP contribution is 2.46. The number of anilines is 1. The van der Waals surface area contributed by atoms with Crippen LogP contribution < -0.4 is 20.1 Å². The third-order valence-corrected chi connectivity index (χ3v) is 4.56. The Hall–Kier alpha value is -2.74. The molecule has 0 aromatic heterocycles. The number of carboxylic acids is 2. The predicted octanol–water partition coefficient (Wildman–Crippen LogP) is 0.837. The molecule has 2 aliphatic rings. The van der Waals surface area contributed by atoms with Crippen molar-refractivity contribution in [2.24, 2.45) is 11.7 Å². The van der Waals surface area contributed by atoms with Crippen LogP contribution in [-0.2, 0) is 16.0 Å². The maximum absolute atomic E-state index is 11.4. The molecule has 0 saturated carbocycles. The van der Waals surface area contributed by atoms with Crippen LogP contribution in [0.5, 0.6) is 11.5 Å².